The van der Waals surface area contributed by atoms with E-state index in [2.05, 4.69) is 4.98 Å². The summed E-state index contributed by atoms with van der Waals surface area (Å²) in [7, 11) is 1.68. The van der Waals surface area contributed by atoms with Crippen LogP contribution >= 0.6 is 22.6 Å². The van der Waals surface area contributed by atoms with Gasteiger partial charge in [-0.3, -0.25) is 9.36 Å². The molecule has 2 aromatic rings. The fraction of sp³-hybridized carbons (Fsp3) is 0.167. The smallest absolute Gasteiger partial charge is 0.253 e. The van der Waals surface area contributed by atoms with Gasteiger partial charge < -0.3 is 5.73 Å². The minimum atomic E-state index is -0.297. The van der Waals surface area contributed by atoms with E-state index in [1.54, 1.807) is 7.05 Å². The van der Waals surface area contributed by atoms with Gasteiger partial charge in [0.1, 0.15) is 9.87 Å². The molecule has 0 bridgehead atoms. The molecule has 0 amide bonds. The molecule has 0 fully saturated rings. The molecule has 2 rings (SSSR count). The molecule has 2 N–H and O–H groups in total. The van der Waals surface area contributed by atoms with E-state index in [-0.39, 0.29) is 9.61 Å². The minimum absolute atomic E-state index is 0.0963. The van der Waals surface area contributed by atoms with Crippen LogP contribution in [0.25, 0.3) is 11.3 Å². The average Bonchev–Trinajstić information content (AvgIpc) is 2.33. The van der Waals surface area contributed by atoms with Crippen LogP contribution in [0.5, 0.6) is 0 Å². The van der Waals surface area contributed by atoms with Crippen LogP contribution in [0.2, 0.25) is 0 Å². The van der Waals surface area contributed by atoms with Crippen molar-refractivity contribution in [3.8, 4) is 11.3 Å². The van der Waals surface area contributed by atoms with E-state index < -0.39 is 0 Å². The summed E-state index contributed by atoms with van der Waals surface area (Å²) in [5.41, 5.74) is 7.28. The van der Waals surface area contributed by atoms with Crippen molar-refractivity contribution < 1.29 is 0 Å². The van der Waals surface area contributed by atoms with Gasteiger partial charge in [-0.2, -0.15) is 0 Å². The van der Waals surface area contributed by atoms with E-state index in [0.717, 1.165) is 5.56 Å². The van der Waals surface area contributed by atoms with Gasteiger partial charge in [0.15, 0.2) is 0 Å². The molecule has 0 aliphatic rings. The summed E-state index contributed by atoms with van der Waals surface area (Å²) in [5.74, 6) is 0.581. The maximum absolute atomic E-state index is 11.8. The van der Waals surface area contributed by atoms with Crippen LogP contribution in [0.15, 0.2) is 41.2 Å². The Bertz CT molecular complexity index is 578. The molecule has 0 spiro atoms. The molecule has 5 heteroatoms. The van der Waals surface area contributed by atoms with Crippen LogP contribution in [0.1, 0.15) is 9.87 Å². The molecule has 1 heterocycles. The second-order valence-electron chi connectivity index (χ2n) is 3.66. The number of halogens is 1. The van der Waals surface area contributed by atoms with Crippen LogP contribution in [-0.4, -0.2) is 9.55 Å². The van der Waals surface area contributed by atoms with Gasteiger partial charge in [0, 0.05) is 18.7 Å². The number of rotatable bonds is 2. The van der Waals surface area contributed by atoms with Crippen molar-refractivity contribution >= 4 is 22.6 Å². The quantitative estimate of drug-likeness (QED) is 0.515. The molecule has 17 heavy (non-hydrogen) atoms. The molecule has 0 radical (unpaired) electrons. The van der Waals surface area contributed by atoms with Gasteiger partial charge in [0.2, 0.25) is 0 Å². The second-order valence-corrected chi connectivity index (χ2v) is 5.01. The first-order valence-corrected chi connectivity index (χ1v) is 6.37. The number of aromatic nitrogens is 2. The first kappa shape index (κ1) is 12.3. The van der Waals surface area contributed by atoms with E-state index in [4.69, 9.17) is 5.73 Å². The lowest BCUT2D eigenvalue weighted by molar-refractivity contribution is 0.731. The SMILES string of the molecule is Cn1c(C(N)I)nc(-c2ccccc2)cc1=O. The Balaban J connectivity index is 2.62. The summed E-state index contributed by atoms with van der Waals surface area (Å²) < 4.78 is 1.18. The van der Waals surface area contributed by atoms with Gasteiger partial charge in [-0.05, 0) is 0 Å². The zero-order chi connectivity index (χ0) is 12.4. The lowest BCUT2D eigenvalue weighted by Crippen LogP contribution is -2.24. The van der Waals surface area contributed by atoms with Crippen LogP contribution < -0.4 is 11.3 Å². The van der Waals surface area contributed by atoms with Crippen molar-refractivity contribution in [3.63, 3.8) is 0 Å². The van der Waals surface area contributed by atoms with Crippen molar-refractivity contribution in [2.24, 2.45) is 12.8 Å². The lowest BCUT2D eigenvalue weighted by atomic mass is 10.1. The van der Waals surface area contributed by atoms with Crippen LogP contribution in [0, 0.1) is 0 Å². The second kappa shape index (κ2) is 4.97. The molecule has 0 aliphatic carbocycles. The summed E-state index contributed by atoms with van der Waals surface area (Å²) in [6.07, 6.45) is 0. The van der Waals surface area contributed by atoms with Crippen LogP contribution in [0.4, 0.5) is 0 Å². The predicted octanol–water partition coefficient (Wildman–Crippen LogP) is 1.84. The average molecular weight is 341 g/mol. The van der Waals surface area contributed by atoms with E-state index in [1.807, 2.05) is 52.9 Å². The fourth-order valence-electron chi connectivity index (χ4n) is 1.56. The van der Waals surface area contributed by atoms with E-state index in [1.165, 1.54) is 10.6 Å². The van der Waals surface area contributed by atoms with Gasteiger partial charge in [-0.15, -0.1) is 0 Å². The normalized spacial score (nSPS) is 12.4. The molecule has 0 saturated heterocycles. The number of nitrogens with zero attached hydrogens (tertiary/aromatic N) is 2. The maximum Gasteiger partial charge on any atom is 0.253 e. The third-order valence-corrected chi connectivity index (χ3v) is 3.04. The summed E-state index contributed by atoms with van der Waals surface area (Å²) in [6.45, 7) is 0. The maximum atomic E-state index is 11.8. The van der Waals surface area contributed by atoms with Crippen molar-refractivity contribution in [3.05, 3.63) is 52.6 Å². The Morgan fingerprint density at radius 2 is 2.00 bits per heavy atom. The predicted molar refractivity (Wildman–Crippen MR) is 75.9 cm³/mol. The standard InChI is InChI=1S/C12H12IN3O/c1-16-10(17)7-9(15-12(16)11(13)14)8-5-3-2-4-6-8/h2-7,11H,14H2,1H3. The highest BCUT2D eigenvalue weighted by Crippen LogP contribution is 2.18. The largest absolute Gasteiger partial charge is 0.313 e. The Kier molecular flexibility index (Phi) is 3.58. The van der Waals surface area contributed by atoms with Crippen molar-refractivity contribution in [2.75, 3.05) is 0 Å². The van der Waals surface area contributed by atoms with E-state index in [9.17, 15) is 4.79 Å². The molecular formula is C12H12IN3O. The zero-order valence-electron chi connectivity index (χ0n) is 9.30. The van der Waals surface area contributed by atoms with Crippen LogP contribution in [0.3, 0.4) is 0 Å². The Hall–Kier alpha value is -1.21. The number of nitrogens with two attached hydrogens (primary N) is 1. The number of hydrogen-bond donors (Lipinski definition) is 1. The Morgan fingerprint density at radius 3 is 2.59 bits per heavy atom. The van der Waals surface area contributed by atoms with Crippen LogP contribution in [-0.2, 0) is 7.05 Å². The molecule has 1 aromatic heterocycles. The number of alkyl halides is 1. The van der Waals surface area contributed by atoms with E-state index >= 15 is 0 Å². The zero-order valence-corrected chi connectivity index (χ0v) is 11.5. The monoisotopic (exact) mass is 341 g/mol. The van der Waals surface area contributed by atoms with Crippen molar-refractivity contribution in [1.29, 1.82) is 0 Å². The van der Waals surface area contributed by atoms with Gasteiger partial charge >= 0.3 is 0 Å². The Labute approximate surface area is 113 Å². The fourth-order valence-corrected chi connectivity index (χ4v) is 2.12. The van der Waals surface area contributed by atoms with Gasteiger partial charge in [-0.1, -0.05) is 52.9 Å². The van der Waals surface area contributed by atoms with Gasteiger partial charge in [-0.25, -0.2) is 4.98 Å². The van der Waals surface area contributed by atoms with Gasteiger partial charge in [0.25, 0.3) is 5.56 Å². The first-order valence-electron chi connectivity index (χ1n) is 5.12. The molecular weight excluding hydrogens is 329 g/mol. The van der Waals surface area contributed by atoms with Gasteiger partial charge in [0.05, 0.1) is 5.69 Å². The molecule has 0 aliphatic heterocycles. The summed E-state index contributed by atoms with van der Waals surface area (Å²) in [4.78, 5) is 16.2. The number of hydrogen-bond acceptors (Lipinski definition) is 3. The third-order valence-electron chi connectivity index (χ3n) is 2.49. The Morgan fingerprint density at radius 1 is 1.35 bits per heavy atom. The van der Waals surface area contributed by atoms with Crippen molar-refractivity contribution in [1.82, 2.24) is 9.55 Å². The molecule has 0 saturated carbocycles. The molecule has 1 atom stereocenters. The van der Waals surface area contributed by atoms with E-state index in [0.29, 0.717) is 11.5 Å². The first-order chi connectivity index (χ1) is 8.09. The topological polar surface area (TPSA) is 60.9 Å². The highest BCUT2D eigenvalue weighted by Gasteiger charge is 2.11. The molecule has 1 unspecified atom stereocenters. The minimum Gasteiger partial charge on any atom is -0.313 e. The lowest BCUT2D eigenvalue weighted by Gasteiger charge is -2.11. The molecule has 4 nitrogen and oxygen atoms in total. The highest BCUT2D eigenvalue weighted by molar-refractivity contribution is 14.1. The summed E-state index contributed by atoms with van der Waals surface area (Å²) >= 11 is 2.04. The molecule has 88 valence electrons. The molecule has 1 aromatic carbocycles. The highest BCUT2D eigenvalue weighted by atomic mass is 127. The third kappa shape index (κ3) is 2.55. The van der Waals surface area contributed by atoms with Crippen molar-refractivity contribution in [2.45, 2.75) is 4.05 Å². The summed E-state index contributed by atoms with van der Waals surface area (Å²) in [6, 6.07) is 11.1. The number of benzene rings is 1. The summed E-state index contributed by atoms with van der Waals surface area (Å²) in [5, 5.41) is 0.